The summed E-state index contributed by atoms with van der Waals surface area (Å²) in [6.45, 7) is 0.842. The number of nitrogens with one attached hydrogen (secondary N) is 1. The smallest absolute Gasteiger partial charge is 0.352 e. The summed E-state index contributed by atoms with van der Waals surface area (Å²) in [4.78, 5) is 31.7. The van der Waals surface area contributed by atoms with Gasteiger partial charge in [0.2, 0.25) is 0 Å². The van der Waals surface area contributed by atoms with Crippen molar-refractivity contribution in [2.75, 3.05) is 36.4 Å². The van der Waals surface area contributed by atoms with Gasteiger partial charge in [-0.2, -0.15) is 26.3 Å². The first-order chi connectivity index (χ1) is 17.4. The average Bonchev–Trinajstić information content (AvgIpc) is 2.88. The van der Waals surface area contributed by atoms with Gasteiger partial charge in [-0.05, 0) is 36.4 Å². The summed E-state index contributed by atoms with van der Waals surface area (Å²) < 4.78 is 77.7. The van der Waals surface area contributed by atoms with Crippen molar-refractivity contribution in [3.05, 3.63) is 77.1 Å². The van der Waals surface area contributed by atoms with Crippen LogP contribution in [-0.2, 0) is 12.4 Å². The van der Waals surface area contributed by atoms with Crippen LogP contribution >= 0.6 is 0 Å². The first kappa shape index (κ1) is 25.9. The number of nitrogens with zero attached hydrogens (tertiary/aromatic N) is 5. The molecule has 8 nitrogen and oxygen atoms in total. The Hall–Kier alpha value is -4.23. The molecular weight excluding hydrogens is 506 g/mol. The summed E-state index contributed by atoms with van der Waals surface area (Å²) in [5.74, 6) is -1.17. The summed E-state index contributed by atoms with van der Waals surface area (Å²) in [6.07, 6.45) is -8.61. The molecular formula is C23H18F6N6O2. The molecule has 4 rings (SSSR count). The lowest BCUT2D eigenvalue weighted by Gasteiger charge is -2.35. The van der Waals surface area contributed by atoms with Crippen molar-refractivity contribution in [2.45, 2.75) is 12.4 Å². The van der Waals surface area contributed by atoms with Gasteiger partial charge in [-0.1, -0.05) is 12.1 Å². The molecule has 2 aromatic heterocycles. The summed E-state index contributed by atoms with van der Waals surface area (Å²) in [5, 5.41) is 10.1. The number of halogens is 6. The van der Waals surface area contributed by atoms with Gasteiger partial charge in [0, 0.05) is 32.4 Å². The lowest BCUT2D eigenvalue weighted by molar-refractivity contribution is -0.138. The van der Waals surface area contributed by atoms with Crippen molar-refractivity contribution in [2.24, 2.45) is 0 Å². The molecule has 37 heavy (non-hydrogen) atoms. The highest BCUT2D eigenvalue weighted by molar-refractivity contribution is 6.02. The predicted molar refractivity (Wildman–Crippen MR) is 119 cm³/mol. The molecule has 1 N–H and O–H groups in total. The Morgan fingerprint density at radius 3 is 2.08 bits per heavy atom. The van der Waals surface area contributed by atoms with Crippen molar-refractivity contribution in [3.63, 3.8) is 0 Å². The molecule has 3 aromatic rings. The number of benzene rings is 1. The van der Waals surface area contributed by atoms with E-state index < -0.39 is 40.9 Å². The minimum Gasteiger partial charge on any atom is -0.352 e. The number of hydrogen-bond donors (Lipinski definition) is 1. The van der Waals surface area contributed by atoms with E-state index in [1.54, 1.807) is 4.90 Å². The molecule has 1 saturated heterocycles. The van der Waals surface area contributed by atoms with Gasteiger partial charge < -0.3 is 15.1 Å². The van der Waals surface area contributed by atoms with Gasteiger partial charge >= 0.3 is 12.4 Å². The van der Waals surface area contributed by atoms with Crippen LogP contribution in [0.2, 0.25) is 0 Å². The predicted octanol–water partition coefficient (Wildman–Crippen LogP) is 4.12. The number of alkyl halides is 6. The topological polar surface area (TPSA) is 91.3 Å². The molecule has 14 heteroatoms. The van der Waals surface area contributed by atoms with E-state index in [-0.39, 0.29) is 37.7 Å². The Labute approximate surface area is 205 Å². The van der Waals surface area contributed by atoms with E-state index in [9.17, 15) is 35.9 Å². The van der Waals surface area contributed by atoms with Gasteiger partial charge in [-0.25, -0.2) is 4.98 Å². The Morgan fingerprint density at radius 2 is 1.51 bits per heavy atom. The van der Waals surface area contributed by atoms with Crippen LogP contribution in [0.4, 0.5) is 38.0 Å². The van der Waals surface area contributed by atoms with Crippen LogP contribution in [0.5, 0.6) is 0 Å². The van der Waals surface area contributed by atoms with E-state index in [0.29, 0.717) is 12.0 Å². The molecule has 0 bridgehead atoms. The Morgan fingerprint density at radius 1 is 0.811 bits per heavy atom. The van der Waals surface area contributed by atoms with Gasteiger partial charge in [0.05, 0.1) is 16.7 Å². The van der Waals surface area contributed by atoms with E-state index in [1.165, 1.54) is 29.2 Å². The maximum absolute atomic E-state index is 13.3. The molecule has 2 amide bonds. The van der Waals surface area contributed by atoms with Gasteiger partial charge in [-0.3, -0.25) is 9.59 Å². The van der Waals surface area contributed by atoms with Gasteiger partial charge in [0.25, 0.3) is 11.8 Å². The molecule has 0 atom stereocenters. The van der Waals surface area contributed by atoms with Crippen LogP contribution in [0.3, 0.4) is 0 Å². The third-order valence-corrected chi connectivity index (χ3v) is 5.57. The number of pyridine rings is 1. The Balaban J connectivity index is 1.35. The van der Waals surface area contributed by atoms with E-state index in [2.05, 4.69) is 20.5 Å². The molecule has 0 saturated carbocycles. The average molecular weight is 524 g/mol. The molecule has 3 heterocycles. The normalized spacial score (nSPS) is 14.4. The molecule has 1 aromatic carbocycles. The minimum absolute atomic E-state index is 0.100. The van der Waals surface area contributed by atoms with E-state index in [4.69, 9.17) is 0 Å². The van der Waals surface area contributed by atoms with Gasteiger partial charge in [-0.15, -0.1) is 10.2 Å². The first-order valence-corrected chi connectivity index (χ1v) is 10.8. The summed E-state index contributed by atoms with van der Waals surface area (Å²) >= 11 is 0. The highest BCUT2D eigenvalue weighted by Crippen LogP contribution is 2.32. The number of piperazine rings is 1. The second-order valence-electron chi connectivity index (χ2n) is 7.98. The lowest BCUT2D eigenvalue weighted by Crippen LogP contribution is -2.49. The molecule has 1 aliphatic rings. The fourth-order valence-corrected chi connectivity index (χ4v) is 3.66. The second kappa shape index (κ2) is 10.0. The standard InChI is InChI=1S/C23H18F6N6O2/c24-22(25,26)14-5-7-18(30-13-14)31-20(36)17-6-8-19(33-32-17)34-9-11-35(12-10-34)21(37)15-3-1-2-4-16(15)23(27,28)29/h1-8,13H,9-12H2,(H,30,31,36). The van der Waals surface area contributed by atoms with Crippen molar-refractivity contribution >= 4 is 23.5 Å². The second-order valence-corrected chi connectivity index (χ2v) is 7.98. The molecule has 0 radical (unpaired) electrons. The van der Waals surface area contributed by atoms with Crippen molar-refractivity contribution in [3.8, 4) is 0 Å². The van der Waals surface area contributed by atoms with Gasteiger partial charge in [0.1, 0.15) is 5.82 Å². The fraction of sp³-hybridized carbons (Fsp3) is 0.261. The molecule has 1 aliphatic heterocycles. The third kappa shape index (κ3) is 5.95. The molecule has 0 spiro atoms. The van der Waals surface area contributed by atoms with Crippen LogP contribution in [0, 0.1) is 0 Å². The van der Waals surface area contributed by atoms with E-state index in [1.807, 2.05) is 0 Å². The van der Waals surface area contributed by atoms with Crippen LogP contribution < -0.4 is 10.2 Å². The number of rotatable bonds is 4. The number of anilines is 2. The van der Waals surface area contributed by atoms with Crippen LogP contribution in [-0.4, -0.2) is 58.1 Å². The lowest BCUT2D eigenvalue weighted by atomic mass is 10.1. The van der Waals surface area contributed by atoms with Crippen LogP contribution in [0.15, 0.2) is 54.7 Å². The number of hydrogen-bond acceptors (Lipinski definition) is 6. The SMILES string of the molecule is O=C(Nc1ccc(C(F)(F)F)cn1)c1ccc(N2CCN(C(=O)c3ccccc3C(F)(F)F)CC2)nn1. The van der Waals surface area contributed by atoms with Crippen molar-refractivity contribution in [1.82, 2.24) is 20.1 Å². The molecule has 194 valence electrons. The zero-order chi connectivity index (χ0) is 26.8. The Bertz CT molecular complexity index is 1270. The van der Waals surface area contributed by atoms with Crippen LogP contribution in [0.25, 0.3) is 0 Å². The zero-order valence-electron chi connectivity index (χ0n) is 18.8. The maximum atomic E-state index is 13.3. The molecule has 0 aliphatic carbocycles. The van der Waals surface area contributed by atoms with E-state index >= 15 is 0 Å². The highest BCUT2D eigenvalue weighted by Gasteiger charge is 2.36. The first-order valence-electron chi connectivity index (χ1n) is 10.8. The van der Waals surface area contributed by atoms with Crippen LogP contribution in [0.1, 0.15) is 32.0 Å². The van der Waals surface area contributed by atoms with E-state index in [0.717, 1.165) is 24.3 Å². The quantitative estimate of drug-likeness (QED) is 0.517. The number of carbonyl (C=O) groups excluding carboxylic acids is 2. The van der Waals surface area contributed by atoms with Gasteiger partial charge in [0.15, 0.2) is 11.5 Å². The number of amides is 2. The molecule has 1 fully saturated rings. The molecule has 0 unspecified atom stereocenters. The number of carbonyl (C=O) groups is 2. The minimum atomic E-state index is -4.65. The third-order valence-electron chi connectivity index (χ3n) is 5.57. The zero-order valence-corrected chi connectivity index (χ0v) is 18.8. The summed E-state index contributed by atoms with van der Waals surface area (Å²) in [7, 11) is 0. The summed E-state index contributed by atoms with van der Waals surface area (Å²) in [5.41, 5.74) is -2.47. The number of aromatic nitrogens is 3. The fourth-order valence-electron chi connectivity index (χ4n) is 3.66. The monoisotopic (exact) mass is 524 g/mol. The Kier molecular flexibility index (Phi) is 7.01. The maximum Gasteiger partial charge on any atom is 0.417 e. The highest BCUT2D eigenvalue weighted by atomic mass is 19.4. The summed E-state index contributed by atoms with van der Waals surface area (Å²) in [6, 6.07) is 9.26. The van der Waals surface area contributed by atoms with Crippen molar-refractivity contribution in [1.29, 1.82) is 0 Å². The van der Waals surface area contributed by atoms with Crippen molar-refractivity contribution < 1.29 is 35.9 Å². The largest absolute Gasteiger partial charge is 0.417 e.